The summed E-state index contributed by atoms with van der Waals surface area (Å²) in [5.74, 6) is 0.996. The van der Waals surface area contributed by atoms with E-state index in [4.69, 9.17) is 10.2 Å². The second-order valence-corrected chi connectivity index (χ2v) is 5.00. The summed E-state index contributed by atoms with van der Waals surface area (Å²) in [5.41, 5.74) is 5.88. The summed E-state index contributed by atoms with van der Waals surface area (Å²) in [6.07, 6.45) is 4.15. The van der Waals surface area contributed by atoms with Crippen molar-refractivity contribution in [2.24, 2.45) is 5.73 Å². The van der Waals surface area contributed by atoms with E-state index >= 15 is 0 Å². The molecule has 1 atom stereocenters. The Hall–Kier alpha value is -0.840. The quantitative estimate of drug-likeness (QED) is 0.857. The Balaban J connectivity index is 1.95. The second kappa shape index (κ2) is 5.67. The van der Waals surface area contributed by atoms with Crippen molar-refractivity contribution in [3.05, 3.63) is 24.2 Å². The van der Waals surface area contributed by atoms with Crippen LogP contribution >= 0.6 is 0 Å². The van der Waals surface area contributed by atoms with Crippen LogP contribution in [0.15, 0.2) is 22.8 Å². The van der Waals surface area contributed by atoms with E-state index in [2.05, 4.69) is 23.9 Å². The number of nitrogens with two attached hydrogens (primary N) is 1. The first kappa shape index (κ1) is 12.6. The van der Waals surface area contributed by atoms with Gasteiger partial charge in [0, 0.05) is 25.7 Å². The van der Waals surface area contributed by atoms with E-state index in [-0.39, 0.29) is 6.04 Å². The van der Waals surface area contributed by atoms with Crippen LogP contribution in [0, 0.1) is 0 Å². The van der Waals surface area contributed by atoms with E-state index in [0.29, 0.717) is 12.6 Å². The van der Waals surface area contributed by atoms with Crippen LogP contribution in [0.3, 0.4) is 0 Å². The zero-order valence-electron chi connectivity index (χ0n) is 10.8. The molecule has 2 rings (SSSR count). The molecule has 0 bridgehead atoms. The van der Waals surface area contributed by atoms with Gasteiger partial charge in [-0.05, 0) is 39.1 Å². The van der Waals surface area contributed by atoms with Gasteiger partial charge in [-0.25, -0.2) is 0 Å². The largest absolute Gasteiger partial charge is 0.468 e. The number of likely N-dealkylation sites (tertiary alicyclic amines) is 1. The Bertz CT molecular complexity index is 315. The predicted octanol–water partition coefficient (Wildman–Crippen LogP) is 1.31. The molecule has 2 heterocycles. The lowest BCUT2D eigenvalue weighted by Gasteiger charge is -2.38. The minimum absolute atomic E-state index is 0.244. The molecule has 1 aliphatic rings. The van der Waals surface area contributed by atoms with E-state index in [1.807, 2.05) is 12.1 Å². The third-order valence-corrected chi connectivity index (χ3v) is 3.77. The van der Waals surface area contributed by atoms with Crippen LogP contribution in [-0.4, -0.2) is 49.6 Å². The van der Waals surface area contributed by atoms with E-state index in [1.165, 1.54) is 12.8 Å². The molecule has 2 N–H and O–H groups in total. The number of hydrogen-bond acceptors (Lipinski definition) is 4. The van der Waals surface area contributed by atoms with Gasteiger partial charge in [0.2, 0.25) is 0 Å². The molecule has 1 saturated heterocycles. The first-order valence-corrected chi connectivity index (χ1v) is 6.36. The lowest BCUT2D eigenvalue weighted by atomic mass is 10.0. The summed E-state index contributed by atoms with van der Waals surface area (Å²) in [6, 6.07) is 4.91. The van der Waals surface area contributed by atoms with Gasteiger partial charge in [-0.3, -0.25) is 4.90 Å². The zero-order chi connectivity index (χ0) is 12.3. The van der Waals surface area contributed by atoms with E-state index in [1.54, 1.807) is 6.26 Å². The van der Waals surface area contributed by atoms with Crippen molar-refractivity contribution in [3.8, 4) is 0 Å². The van der Waals surface area contributed by atoms with Gasteiger partial charge in [-0.2, -0.15) is 0 Å². The van der Waals surface area contributed by atoms with Crippen molar-refractivity contribution in [1.82, 2.24) is 9.80 Å². The van der Waals surface area contributed by atoms with Crippen molar-refractivity contribution in [1.29, 1.82) is 0 Å². The Kier molecular flexibility index (Phi) is 4.20. The van der Waals surface area contributed by atoms with Gasteiger partial charge in [-0.15, -0.1) is 0 Å². The van der Waals surface area contributed by atoms with Crippen LogP contribution in [0.4, 0.5) is 0 Å². The highest BCUT2D eigenvalue weighted by atomic mass is 16.3. The SMILES string of the molecule is CN(C)C1CCN(C(CN)c2ccco2)CC1. The zero-order valence-corrected chi connectivity index (χ0v) is 10.8. The van der Waals surface area contributed by atoms with Gasteiger partial charge in [0.25, 0.3) is 0 Å². The molecule has 17 heavy (non-hydrogen) atoms. The molecule has 0 amide bonds. The Morgan fingerprint density at radius 3 is 2.65 bits per heavy atom. The van der Waals surface area contributed by atoms with Gasteiger partial charge in [0.05, 0.1) is 12.3 Å². The smallest absolute Gasteiger partial charge is 0.122 e. The highest BCUT2D eigenvalue weighted by Crippen LogP contribution is 2.25. The molecule has 1 aromatic rings. The van der Waals surface area contributed by atoms with Gasteiger partial charge in [-0.1, -0.05) is 0 Å². The molecule has 0 aromatic carbocycles. The van der Waals surface area contributed by atoms with Crippen LogP contribution in [0.1, 0.15) is 24.6 Å². The molecule has 0 aliphatic carbocycles. The predicted molar refractivity (Wildman–Crippen MR) is 68.8 cm³/mol. The molecule has 1 fully saturated rings. The standard InChI is InChI=1S/C13H23N3O/c1-15(2)11-5-7-16(8-6-11)12(10-14)13-4-3-9-17-13/h3-4,9,11-12H,5-8,10,14H2,1-2H3. The molecule has 0 radical (unpaired) electrons. The molecule has 1 aromatic heterocycles. The summed E-state index contributed by atoms with van der Waals surface area (Å²) < 4.78 is 5.48. The van der Waals surface area contributed by atoms with Crippen LogP contribution in [0.2, 0.25) is 0 Å². The van der Waals surface area contributed by atoms with E-state index < -0.39 is 0 Å². The molecule has 1 aliphatic heterocycles. The fraction of sp³-hybridized carbons (Fsp3) is 0.692. The molecule has 4 heteroatoms. The van der Waals surface area contributed by atoms with Crippen LogP contribution < -0.4 is 5.73 Å². The molecule has 1 unspecified atom stereocenters. The number of nitrogens with zero attached hydrogens (tertiary/aromatic N) is 2. The molecule has 4 nitrogen and oxygen atoms in total. The van der Waals surface area contributed by atoms with Crippen LogP contribution in [-0.2, 0) is 0 Å². The number of rotatable bonds is 4. The average Bonchev–Trinajstić information content (AvgIpc) is 2.84. The third kappa shape index (κ3) is 2.89. The molecule has 0 saturated carbocycles. The van der Waals surface area contributed by atoms with Gasteiger partial charge < -0.3 is 15.1 Å². The van der Waals surface area contributed by atoms with Gasteiger partial charge in [0.15, 0.2) is 0 Å². The fourth-order valence-electron chi connectivity index (χ4n) is 2.64. The summed E-state index contributed by atoms with van der Waals surface area (Å²) in [4.78, 5) is 4.76. The molecule has 0 spiro atoms. The van der Waals surface area contributed by atoms with Crippen LogP contribution in [0.5, 0.6) is 0 Å². The van der Waals surface area contributed by atoms with Crippen molar-refractivity contribution in [2.45, 2.75) is 24.9 Å². The van der Waals surface area contributed by atoms with Crippen molar-refractivity contribution < 1.29 is 4.42 Å². The van der Waals surface area contributed by atoms with Crippen LogP contribution in [0.25, 0.3) is 0 Å². The minimum Gasteiger partial charge on any atom is -0.468 e. The maximum atomic E-state index is 5.88. The van der Waals surface area contributed by atoms with Crippen molar-refractivity contribution >= 4 is 0 Å². The van der Waals surface area contributed by atoms with Crippen molar-refractivity contribution in [3.63, 3.8) is 0 Å². The van der Waals surface area contributed by atoms with E-state index in [0.717, 1.165) is 18.8 Å². The first-order chi connectivity index (χ1) is 8.22. The maximum Gasteiger partial charge on any atom is 0.122 e. The van der Waals surface area contributed by atoms with Gasteiger partial charge >= 0.3 is 0 Å². The molecular weight excluding hydrogens is 214 g/mol. The van der Waals surface area contributed by atoms with Gasteiger partial charge in [0.1, 0.15) is 5.76 Å². The lowest BCUT2D eigenvalue weighted by molar-refractivity contribution is 0.101. The number of piperidine rings is 1. The summed E-state index contributed by atoms with van der Waals surface area (Å²) in [6.45, 7) is 2.83. The Morgan fingerprint density at radius 2 is 2.18 bits per heavy atom. The Labute approximate surface area is 103 Å². The lowest BCUT2D eigenvalue weighted by Crippen LogP contribution is -2.44. The number of hydrogen-bond donors (Lipinski definition) is 1. The maximum absolute atomic E-state index is 5.88. The summed E-state index contributed by atoms with van der Waals surface area (Å²) in [7, 11) is 4.32. The average molecular weight is 237 g/mol. The fourth-order valence-corrected chi connectivity index (χ4v) is 2.64. The summed E-state index contributed by atoms with van der Waals surface area (Å²) in [5, 5.41) is 0. The first-order valence-electron chi connectivity index (χ1n) is 6.36. The van der Waals surface area contributed by atoms with Crippen molar-refractivity contribution in [2.75, 3.05) is 33.7 Å². The normalized spacial score (nSPS) is 20.9. The second-order valence-electron chi connectivity index (χ2n) is 5.00. The monoisotopic (exact) mass is 237 g/mol. The number of furan rings is 1. The Morgan fingerprint density at radius 1 is 1.47 bits per heavy atom. The third-order valence-electron chi connectivity index (χ3n) is 3.77. The molecular formula is C13H23N3O. The highest BCUT2D eigenvalue weighted by Gasteiger charge is 2.27. The minimum atomic E-state index is 0.244. The summed E-state index contributed by atoms with van der Waals surface area (Å²) >= 11 is 0. The highest BCUT2D eigenvalue weighted by molar-refractivity contribution is 5.06. The van der Waals surface area contributed by atoms with E-state index in [9.17, 15) is 0 Å². The molecule has 96 valence electrons. The topological polar surface area (TPSA) is 45.6 Å².